The van der Waals surface area contributed by atoms with Crippen molar-refractivity contribution in [3.63, 3.8) is 0 Å². The molecular weight excluding hydrogens is 311 g/mol. The maximum atomic E-state index is 13.2. The monoisotopic (exact) mass is 330 g/mol. The van der Waals surface area contributed by atoms with Gasteiger partial charge in [0.05, 0.1) is 6.54 Å². The average Bonchev–Trinajstić information content (AvgIpc) is 3.12. The highest BCUT2D eigenvalue weighted by atomic mass is 19.1. The smallest absolute Gasteiger partial charge is 0.243 e. The molecule has 1 aromatic heterocycles. The number of hydrogen-bond acceptors (Lipinski definition) is 3. The summed E-state index contributed by atoms with van der Waals surface area (Å²) >= 11 is 0. The molecule has 126 valence electrons. The highest BCUT2D eigenvalue weighted by molar-refractivity contribution is 5.90. The Morgan fingerprint density at radius 3 is 2.92 bits per heavy atom. The highest BCUT2D eigenvalue weighted by Gasteiger charge is 2.36. The van der Waals surface area contributed by atoms with Crippen molar-refractivity contribution in [1.29, 1.82) is 0 Å². The minimum absolute atomic E-state index is 0.0602. The van der Waals surface area contributed by atoms with E-state index in [0.29, 0.717) is 24.2 Å². The second-order valence-electron chi connectivity index (χ2n) is 5.94. The summed E-state index contributed by atoms with van der Waals surface area (Å²) in [6.45, 7) is 2.35. The maximum absolute atomic E-state index is 13.2. The Bertz CT molecular complexity index is 756. The summed E-state index contributed by atoms with van der Waals surface area (Å²) in [7, 11) is 0. The highest BCUT2D eigenvalue weighted by Crippen LogP contribution is 2.22. The summed E-state index contributed by atoms with van der Waals surface area (Å²) < 4.78 is 18.7. The van der Waals surface area contributed by atoms with Crippen LogP contribution in [0.3, 0.4) is 0 Å². The molecule has 0 unspecified atom stereocenters. The summed E-state index contributed by atoms with van der Waals surface area (Å²) in [5, 5.41) is 2.78. The third-order valence-electron chi connectivity index (χ3n) is 4.11. The summed E-state index contributed by atoms with van der Waals surface area (Å²) in [6, 6.07) is 9.19. The number of furan rings is 1. The summed E-state index contributed by atoms with van der Waals surface area (Å²) in [6.07, 6.45) is 0.825. The molecule has 2 amide bonds. The molecule has 0 spiro atoms. The zero-order chi connectivity index (χ0) is 17.1. The molecule has 1 aromatic carbocycles. The quantitative estimate of drug-likeness (QED) is 0.916. The number of amides is 2. The molecule has 1 saturated heterocycles. The Morgan fingerprint density at radius 2 is 2.21 bits per heavy atom. The number of carbonyl (C=O) groups is 2. The van der Waals surface area contributed by atoms with Crippen LogP contribution < -0.4 is 5.32 Å². The van der Waals surface area contributed by atoms with E-state index in [1.807, 2.05) is 19.1 Å². The Morgan fingerprint density at radius 1 is 1.38 bits per heavy atom. The molecular formula is C18H19FN2O3. The van der Waals surface area contributed by atoms with E-state index in [0.717, 1.165) is 5.76 Å². The molecule has 1 atom stereocenters. The van der Waals surface area contributed by atoms with Gasteiger partial charge in [-0.15, -0.1) is 0 Å². The van der Waals surface area contributed by atoms with Crippen molar-refractivity contribution in [3.05, 3.63) is 59.3 Å². The number of hydrogen-bond donors (Lipinski definition) is 1. The second kappa shape index (κ2) is 6.86. The van der Waals surface area contributed by atoms with E-state index in [1.165, 1.54) is 12.1 Å². The van der Waals surface area contributed by atoms with E-state index in [-0.39, 0.29) is 30.7 Å². The van der Waals surface area contributed by atoms with E-state index in [9.17, 15) is 14.0 Å². The van der Waals surface area contributed by atoms with Gasteiger partial charge in [0.15, 0.2) is 0 Å². The molecule has 3 rings (SSSR count). The first-order valence-electron chi connectivity index (χ1n) is 7.90. The number of carbonyl (C=O) groups excluding carboxylic acids is 2. The van der Waals surface area contributed by atoms with E-state index in [1.54, 1.807) is 17.0 Å². The van der Waals surface area contributed by atoms with Gasteiger partial charge < -0.3 is 14.6 Å². The van der Waals surface area contributed by atoms with Crippen molar-refractivity contribution in [2.45, 2.75) is 38.9 Å². The van der Waals surface area contributed by atoms with Gasteiger partial charge in [0.25, 0.3) is 0 Å². The van der Waals surface area contributed by atoms with Gasteiger partial charge in [-0.2, -0.15) is 0 Å². The fourth-order valence-electron chi connectivity index (χ4n) is 2.90. The van der Waals surface area contributed by atoms with Crippen molar-refractivity contribution in [2.75, 3.05) is 0 Å². The van der Waals surface area contributed by atoms with Crippen LogP contribution in [0.1, 0.15) is 29.9 Å². The van der Waals surface area contributed by atoms with Crippen LogP contribution in [0.4, 0.5) is 4.39 Å². The Kier molecular flexibility index (Phi) is 4.64. The van der Waals surface area contributed by atoms with Gasteiger partial charge in [0.2, 0.25) is 11.8 Å². The molecule has 2 aromatic rings. The lowest BCUT2D eigenvalue weighted by atomic mass is 10.2. The number of nitrogens with zero attached hydrogens (tertiary/aromatic N) is 1. The zero-order valence-corrected chi connectivity index (χ0v) is 13.4. The average molecular weight is 330 g/mol. The van der Waals surface area contributed by atoms with Crippen LogP contribution in [0.15, 0.2) is 40.8 Å². The SMILES string of the molecule is Cc1ccc(CN2C(=O)CC[C@H]2C(=O)NCc2cccc(F)c2)o1. The summed E-state index contributed by atoms with van der Waals surface area (Å²) in [4.78, 5) is 26.0. The zero-order valence-electron chi connectivity index (χ0n) is 13.4. The van der Waals surface area contributed by atoms with Gasteiger partial charge in [-0.05, 0) is 43.2 Å². The van der Waals surface area contributed by atoms with Crippen molar-refractivity contribution >= 4 is 11.8 Å². The number of halogens is 1. The lowest BCUT2D eigenvalue weighted by Gasteiger charge is -2.23. The van der Waals surface area contributed by atoms with Crippen LogP contribution in [-0.4, -0.2) is 22.8 Å². The molecule has 0 saturated carbocycles. The molecule has 6 heteroatoms. The van der Waals surface area contributed by atoms with Crippen molar-refractivity contribution in [2.24, 2.45) is 0 Å². The standard InChI is InChI=1S/C18H19FN2O3/c1-12-5-6-15(24-12)11-21-16(7-8-17(21)22)18(23)20-10-13-3-2-4-14(19)9-13/h2-6,9,16H,7-8,10-11H2,1H3,(H,20,23)/t16-/m0/s1. The third kappa shape index (κ3) is 3.64. The molecule has 1 aliphatic heterocycles. The van der Waals surface area contributed by atoms with Crippen LogP contribution in [-0.2, 0) is 22.7 Å². The van der Waals surface area contributed by atoms with Gasteiger partial charge in [-0.25, -0.2) is 4.39 Å². The number of aryl methyl sites for hydroxylation is 1. The van der Waals surface area contributed by atoms with Crippen LogP contribution >= 0.6 is 0 Å². The molecule has 0 bridgehead atoms. The molecule has 1 fully saturated rings. The summed E-state index contributed by atoms with van der Waals surface area (Å²) in [5.41, 5.74) is 0.681. The minimum atomic E-state index is -0.517. The van der Waals surface area contributed by atoms with Gasteiger partial charge >= 0.3 is 0 Å². The largest absolute Gasteiger partial charge is 0.464 e. The van der Waals surface area contributed by atoms with Crippen molar-refractivity contribution in [3.8, 4) is 0 Å². The lowest BCUT2D eigenvalue weighted by molar-refractivity contribution is -0.136. The molecule has 2 heterocycles. The van der Waals surface area contributed by atoms with E-state index >= 15 is 0 Å². The van der Waals surface area contributed by atoms with Gasteiger partial charge in [-0.3, -0.25) is 9.59 Å². The van der Waals surface area contributed by atoms with Gasteiger partial charge in [-0.1, -0.05) is 12.1 Å². The molecule has 1 aliphatic rings. The summed E-state index contributed by atoms with van der Waals surface area (Å²) in [5.74, 6) is 0.797. The first-order chi connectivity index (χ1) is 11.5. The Hall–Kier alpha value is -2.63. The molecule has 0 radical (unpaired) electrons. The second-order valence-corrected chi connectivity index (χ2v) is 5.94. The Labute approximate surface area is 139 Å². The normalized spacial score (nSPS) is 17.3. The number of rotatable bonds is 5. The lowest BCUT2D eigenvalue weighted by Crippen LogP contribution is -2.44. The number of benzene rings is 1. The molecule has 5 nitrogen and oxygen atoms in total. The third-order valence-corrected chi connectivity index (χ3v) is 4.11. The first-order valence-corrected chi connectivity index (χ1v) is 7.90. The van der Waals surface area contributed by atoms with Gasteiger partial charge in [0.1, 0.15) is 23.4 Å². The fraction of sp³-hybridized carbons (Fsp3) is 0.333. The number of nitrogens with one attached hydrogen (secondary N) is 1. The topological polar surface area (TPSA) is 62.6 Å². The van der Waals surface area contributed by atoms with Crippen molar-refractivity contribution < 1.29 is 18.4 Å². The van der Waals surface area contributed by atoms with Crippen LogP contribution in [0, 0.1) is 12.7 Å². The maximum Gasteiger partial charge on any atom is 0.243 e. The van der Waals surface area contributed by atoms with E-state index in [2.05, 4.69) is 5.32 Å². The molecule has 24 heavy (non-hydrogen) atoms. The Balaban J connectivity index is 1.63. The van der Waals surface area contributed by atoms with Crippen LogP contribution in [0.2, 0.25) is 0 Å². The van der Waals surface area contributed by atoms with E-state index in [4.69, 9.17) is 4.42 Å². The van der Waals surface area contributed by atoms with Crippen molar-refractivity contribution in [1.82, 2.24) is 10.2 Å². The first kappa shape index (κ1) is 16.2. The van der Waals surface area contributed by atoms with Crippen LogP contribution in [0.5, 0.6) is 0 Å². The van der Waals surface area contributed by atoms with Crippen LogP contribution in [0.25, 0.3) is 0 Å². The minimum Gasteiger partial charge on any atom is -0.464 e. The van der Waals surface area contributed by atoms with Gasteiger partial charge in [0, 0.05) is 13.0 Å². The fourth-order valence-corrected chi connectivity index (χ4v) is 2.90. The predicted molar refractivity (Wildman–Crippen MR) is 85.3 cm³/mol. The predicted octanol–water partition coefficient (Wildman–Crippen LogP) is 2.53. The molecule has 0 aliphatic carbocycles. The van der Waals surface area contributed by atoms with E-state index < -0.39 is 6.04 Å². The number of likely N-dealkylation sites (tertiary alicyclic amines) is 1. The molecule has 1 N–H and O–H groups in total.